The fourth-order valence-corrected chi connectivity index (χ4v) is 4.39. The van der Waals surface area contributed by atoms with Gasteiger partial charge in [-0.3, -0.25) is 4.99 Å². The number of nitrogens with zero attached hydrogens (tertiary/aromatic N) is 4. The molecule has 0 bridgehead atoms. The van der Waals surface area contributed by atoms with E-state index in [0.29, 0.717) is 6.54 Å². The number of aromatic nitrogens is 1. The van der Waals surface area contributed by atoms with E-state index >= 15 is 0 Å². The van der Waals surface area contributed by atoms with Crippen molar-refractivity contribution in [1.82, 2.24) is 9.58 Å². The number of hydrogen-bond donors (Lipinski definition) is 0. The van der Waals surface area contributed by atoms with Gasteiger partial charge in [0.1, 0.15) is 0 Å². The zero-order valence-corrected chi connectivity index (χ0v) is 17.3. The molecule has 28 heavy (non-hydrogen) atoms. The number of para-hydroxylation sites is 1. The Balaban J connectivity index is 1.58. The average molecular weight is 389 g/mol. The molecule has 1 aliphatic rings. The van der Waals surface area contributed by atoms with Crippen LogP contribution in [-0.4, -0.2) is 33.3 Å². The monoisotopic (exact) mass is 388 g/mol. The molecule has 0 fully saturated rings. The summed E-state index contributed by atoms with van der Waals surface area (Å²) in [6, 6.07) is 23.0. The minimum absolute atomic E-state index is 0.681. The van der Waals surface area contributed by atoms with Gasteiger partial charge in [0.15, 0.2) is 5.17 Å². The number of amidine groups is 1. The molecule has 2 heterocycles. The van der Waals surface area contributed by atoms with Crippen LogP contribution >= 0.6 is 11.8 Å². The summed E-state index contributed by atoms with van der Waals surface area (Å²) in [5.74, 6) is 0.830. The lowest BCUT2D eigenvalue weighted by molar-refractivity contribution is 0.550. The van der Waals surface area contributed by atoms with Crippen molar-refractivity contribution in [2.24, 2.45) is 10.1 Å². The van der Waals surface area contributed by atoms with Crippen LogP contribution in [0.5, 0.6) is 0 Å². The van der Waals surface area contributed by atoms with Crippen LogP contribution < -0.4 is 0 Å². The van der Waals surface area contributed by atoms with Gasteiger partial charge >= 0.3 is 0 Å². The first-order valence-corrected chi connectivity index (χ1v) is 10.4. The maximum atomic E-state index is 4.84. The van der Waals surface area contributed by atoms with Crippen LogP contribution in [-0.2, 0) is 6.54 Å². The van der Waals surface area contributed by atoms with Gasteiger partial charge in [0, 0.05) is 35.4 Å². The molecule has 0 aliphatic carbocycles. The topological polar surface area (TPSA) is 32.9 Å². The molecule has 0 unspecified atom stereocenters. The standard InChI is InChI=1S/C23H24N4S/c1-17-14-21(18(2)27(17)20-12-8-5-9-13-20)22-16-28-23(26(3)25-22)24-15-19-10-6-4-7-11-19/h4-14H,15-16H2,1-3H3. The van der Waals surface area contributed by atoms with Gasteiger partial charge in [0.2, 0.25) is 0 Å². The Bertz CT molecular complexity index is 1020. The van der Waals surface area contributed by atoms with E-state index in [1.165, 1.54) is 28.2 Å². The summed E-state index contributed by atoms with van der Waals surface area (Å²) in [6.07, 6.45) is 0. The Hall–Kier alpha value is -2.79. The maximum absolute atomic E-state index is 4.84. The van der Waals surface area contributed by atoms with Crippen LogP contribution in [0.3, 0.4) is 0 Å². The highest BCUT2D eigenvalue weighted by Gasteiger charge is 2.21. The minimum Gasteiger partial charge on any atom is -0.318 e. The molecule has 0 saturated heterocycles. The van der Waals surface area contributed by atoms with E-state index in [-0.39, 0.29) is 0 Å². The predicted octanol–water partition coefficient (Wildman–Crippen LogP) is 5.03. The molecule has 0 radical (unpaired) electrons. The van der Waals surface area contributed by atoms with E-state index in [9.17, 15) is 0 Å². The smallest absolute Gasteiger partial charge is 0.180 e. The number of thioether (sulfide) groups is 1. The second kappa shape index (κ2) is 8.07. The first-order chi connectivity index (χ1) is 13.6. The van der Waals surface area contributed by atoms with Gasteiger partial charge in [-0.25, -0.2) is 5.01 Å². The van der Waals surface area contributed by atoms with Gasteiger partial charge < -0.3 is 4.57 Å². The van der Waals surface area contributed by atoms with E-state index < -0.39 is 0 Å². The van der Waals surface area contributed by atoms with Crippen molar-refractivity contribution in [1.29, 1.82) is 0 Å². The van der Waals surface area contributed by atoms with Crippen molar-refractivity contribution in [2.45, 2.75) is 20.4 Å². The molecule has 1 aromatic heterocycles. The Labute approximate surface area is 170 Å². The fourth-order valence-electron chi connectivity index (χ4n) is 3.53. The van der Waals surface area contributed by atoms with Crippen molar-refractivity contribution in [2.75, 3.05) is 12.8 Å². The number of benzene rings is 2. The maximum Gasteiger partial charge on any atom is 0.180 e. The molecule has 4 rings (SSSR count). The highest BCUT2D eigenvalue weighted by molar-refractivity contribution is 8.14. The Morgan fingerprint density at radius 2 is 1.68 bits per heavy atom. The van der Waals surface area contributed by atoms with Gasteiger partial charge in [-0.1, -0.05) is 60.3 Å². The molecule has 1 aliphatic heterocycles. The van der Waals surface area contributed by atoms with Crippen molar-refractivity contribution in [3.63, 3.8) is 0 Å². The highest BCUT2D eigenvalue weighted by Crippen LogP contribution is 2.25. The average Bonchev–Trinajstić information content (AvgIpc) is 3.02. The summed E-state index contributed by atoms with van der Waals surface area (Å²) in [5, 5.41) is 7.71. The van der Waals surface area contributed by atoms with Crippen molar-refractivity contribution in [3.8, 4) is 5.69 Å². The summed E-state index contributed by atoms with van der Waals surface area (Å²) in [5.41, 5.74) is 7.15. The number of aryl methyl sites for hydroxylation is 1. The first kappa shape index (κ1) is 18.6. The van der Waals surface area contributed by atoms with Crippen LogP contribution in [0.2, 0.25) is 0 Å². The largest absolute Gasteiger partial charge is 0.318 e. The molecule has 2 aromatic carbocycles. The Kier molecular flexibility index (Phi) is 5.35. The van der Waals surface area contributed by atoms with Crippen LogP contribution in [0.15, 0.2) is 76.8 Å². The fraction of sp³-hybridized carbons (Fsp3) is 0.217. The lowest BCUT2D eigenvalue weighted by atomic mass is 10.1. The third-order valence-electron chi connectivity index (χ3n) is 4.88. The van der Waals surface area contributed by atoms with Gasteiger partial charge in [-0.05, 0) is 37.6 Å². The van der Waals surface area contributed by atoms with Crippen molar-refractivity contribution >= 4 is 22.6 Å². The van der Waals surface area contributed by atoms with Crippen molar-refractivity contribution in [3.05, 3.63) is 89.2 Å². The normalized spacial score (nSPS) is 15.8. The SMILES string of the molecule is Cc1cc(C2=NN(C)C(=NCc3ccccc3)SC2)c(C)n1-c1ccccc1. The summed E-state index contributed by atoms with van der Waals surface area (Å²) in [4.78, 5) is 4.75. The van der Waals surface area contributed by atoms with E-state index in [4.69, 9.17) is 10.1 Å². The predicted molar refractivity (Wildman–Crippen MR) is 120 cm³/mol. The van der Waals surface area contributed by atoms with E-state index in [0.717, 1.165) is 16.6 Å². The minimum atomic E-state index is 0.681. The summed E-state index contributed by atoms with van der Waals surface area (Å²) in [6.45, 7) is 5.00. The molecular formula is C23H24N4S. The second-order valence-electron chi connectivity index (χ2n) is 6.90. The zero-order valence-electron chi connectivity index (χ0n) is 16.5. The van der Waals surface area contributed by atoms with E-state index in [1.807, 2.05) is 36.3 Å². The second-order valence-corrected chi connectivity index (χ2v) is 7.84. The molecule has 0 amide bonds. The Morgan fingerprint density at radius 1 is 1.00 bits per heavy atom. The number of aliphatic imine (C=N–C) groups is 1. The third-order valence-corrected chi connectivity index (χ3v) is 5.95. The number of hydrogen-bond acceptors (Lipinski definition) is 3. The molecule has 4 nitrogen and oxygen atoms in total. The highest BCUT2D eigenvalue weighted by atomic mass is 32.2. The van der Waals surface area contributed by atoms with Gasteiger partial charge in [0.05, 0.1) is 12.3 Å². The van der Waals surface area contributed by atoms with Gasteiger partial charge in [-0.15, -0.1) is 0 Å². The number of hydrazone groups is 1. The molecule has 0 N–H and O–H groups in total. The van der Waals surface area contributed by atoms with Crippen LogP contribution in [0.25, 0.3) is 5.69 Å². The summed E-state index contributed by atoms with van der Waals surface area (Å²) >= 11 is 1.75. The van der Waals surface area contributed by atoms with Gasteiger partial charge in [-0.2, -0.15) is 5.10 Å². The zero-order chi connectivity index (χ0) is 19.5. The van der Waals surface area contributed by atoms with E-state index in [2.05, 4.69) is 60.9 Å². The molecule has 3 aromatic rings. The lowest BCUT2D eigenvalue weighted by Crippen LogP contribution is -2.28. The molecule has 5 heteroatoms. The van der Waals surface area contributed by atoms with Crippen LogP contribution in [0, 0.1) is 13.8 Å². The third kappa shape index (κ3) is 3.76. The molecule has 0 atom stereocenters. The molecule has 0 spiro atoms. The van der Waals surface area contributed by atoms with Crippen molar-refractivity contribution < 1.29 is 0 Å². The first-order valence-electron chi connectivity index (χ1n) is 9.40. The van der Waals surface area contributed by atoms with Crippen LogP contribution in [0.1, 0.15) is 22.5 Å². The number of rotatable bonds is 4. The van der Waals surface area contributed by atoms with Gasteiger partial charge in [0.25, 0.3) is 0 Å². The molecule has 0 saturated carbocycles. The summed E-state index contributed by atoms with van der Waals surface area (Å²) < 4.78 is 2.29. The molecular weight excluding hydrogens is 364 g/mol. The quantitative estimate of drug-likeness (QED) is 0.628. The Morgan fingerprint density at radius 3 is 2.36 bits per heavy atom. The summed E-state index contributed by atoms with van der Waals surface area (Å²) in [7, 11) is 1.98. The molecule has 142 valence electrons. The van der Waals surface area contributed by atoms with E-state index in [1.54, 1.807) is 11.8 Å². The van der Waals surface area contributed by atoms with Crippen LogP contribution in [0.4, 0.5) is 0 Å². The lowest BCUT2D eigenvalue weighted by Gasteiger charge is -2.23.